The molecule has 4 nitrogen and oxygen atoms in total. The summed E-state index contributed by atoms with van der Waals surface area (Å²) in [6.45, 7) is 3.74. The average molecular weight is 341 g/mol. The minimum Gasteiger partial charge on any atom is -0.476 e. The summed E-state index contributed by atoms with van der Waals surface area (Å²) in [5, 5.41) is 8.79. The number of H-pyrrole nitrogens is 1. The minimum absolute atomic E-state index is 0.328. The Morgan fingerprint density at radius 1 is 1.04 bits per heavy atom. The van der Waals surface area contributed by atoms with Gasteiger partial charge in [-0.2, -0.15) is 0 Å². The van der Waals surface area contributed by atoms with Crippen LogP contribution < -0.4 is 0 Å². The maximum Gasteiger partial charge on any atom is 0.355 e. The molecule has 0 aliphatic rings. The zero-order valence-electron chi connectivity index (χ0n) is 14.9. The van der Waals surface area contributed by atoms with E-state index in [1.165, 1.54) is 57.6 Å². The molecule has 0 aliphatic carbocycles. The van der Waals surface area contributed by atoms with Crippen molar-refractivity contribution < 1.29 is 19.0 Å². The van der Waals surface area contributed by atoms with Gasteiger partial charge in [-0.05, 0) is 26.2 Å². The fraction of sp³-hybridized carbons (Fsp3) is 0.737. The van der Waals surface area contributed by atoms with Crippen LogP contribution in [0.3, 0.4) is 0 Å². The summed E-state index contributed by atoms with van der Waals surface area (Å²) in [5.41, 5.74) is 0.158. The second-order valence-electron chi connectivity index (χ2n) is 6.29. The molecule has 0 amide bonds. The van der Waals surface area contributed by atoms with Crippen LogP contribution in [0.5, 0.6) is 0 Å². The third-order valence-electron chi connectivity index (χ3n) is 4.29. The molecule has 0 saturated heterocycles. The maximum atomic E-state index is 13.7. The molecule has 0 bridgehead atoms. The number of carboxylic acids is 1. The van der Waals surface area contributed by atoms with Gasteiger partial charge in [0.1, 0.15) is 0 Å². The number of halogens is 1. The van der Waals surface area contributed by atoms with E-state index in [1.807, 2.05) is 6.92 Å². The summed E-state index contributed by atoms with van der Waals surface area (Å²) in [6, 6.07) is 0. The van der Waals surface area contributed by atoms with Crippen molar-refractivity contribution in [2.24, 2.45) is 0 Å². The fourth-order valence-electron chi connectivity index (χ4n) is 2.86. The lowest BCUT2D eigenvalue weighted by atomic mass is 10.0. The predicted molar refractivity (Wildman–Crippen MR) is 94.1 cm³/mol. The van der Waals surface area contributed by atoms with Crippen LogP contribution in [0.4, 0.5) is 4.39 Å². The average Bonchev–Trinajstić information content (AvgIpc) is 2.93. The quantitative estimate of drug-likeness (QED) is 0.424. The first kappa shape index (κ1) is 20.7. The summed E-state index contributed by atoms with van der Waals surface area (Å²) < 4.78 is 19.0. The number of aromatic carboxylic acids is 1. The maximum absolute atomic E-state index is 13.7. The SMILES string of the molecule is CCOCCCCCCCCCCCCc1c[nH]c(C(=O)O)c1F. The van der Waals surface area contributed by atoms with Crippen molar-refractivity contribution in [3.05, 3.63) is 23.3 Å². The van der Waals surface area contributed by atoms with Gasteiger partial charge in [0, 0.05) is 25.0 Å². The van der Waals surface area contributed by atoms with E-state index in [0.29, 0.717) is 12.0 Å². The molecule has 1 rings (SSSR count). The molecule has 0 saturated carbocycles. The Morgan fingerprint density at radius 2 is 1.58 bits per heavy atom. The summed E-state index contributed by atoms with van der Waals surface area (Å²) in [5.74, 6) is -1.84. The molecule has 0 radical (unpaired) electrons. The van der Waals surface area contributed by atoms with E-state index < -0.39 is 11.8 Å². The second kappa shape index (κ2) is 13.0. The Labute approximate surface area is 144 Å². The van der Waals surface area contributed by atoms with Crippen LogP contribution in [0, 0.1) is 5.82 Å². The highest BCUT2D eigenvalue weighted by molar-refractivity contribution is 5.86. The van der Waals surface area contributed by atoms with E-state index in [1.54, 1.807) is 0 Å². The van der Waals surface area contributed by atoms with Crippen molar-refractivity contribution in [2.75, 3.05) is 13.2 Å². The molecule has 0 atom stereocenters. The van der Waals surface area contributed by atoms with Crippen LogP contribution >= 0.6 is 0 Å². The van der Waals surface area contributed by atoms with Gasteiger partial charge in [0.2, 0.25) is 0 Å². The normalized spacial score (nSPS) is 11.1. The highest BCUT2D eigenvalue weighted by Gasteiger charge is 2.15. The Balaban J connectivity index is 1.91. The lowest BCUT2D eigenvalue weighted by molar-refractivity contribution is 0.0686. The van der Waals surface area contributed by atoms with Gasteiger partial charge in [0.15, 0.2) is 11.5 Å². The number of aryl methyl sites for hydroxylation is 1. The van der Waals surface area contributed by atoms with E-state index in [4.69, 9.17) is 9.84 Å². The highest BCUT2D eigenvalue weighted by atomic mass is 19.1. The first-order valence-electron chi connectivity index (χ1n) is 9.33. The Hall–Kier alpha value is -1.36. The van der Waals surface area contributed by atoms with Crippen LogP contribution in [0.15, 0.2) is 6.20 Å². The number of nitrogens with one attached hydrogen (secondary N) is 1. The number of rotatable bonds is 15. The molecule has 2 N–H and O–H groups in total. The number of unbranched alkanes of at least 4 members (excludes halogenated alkanes) is 9. The summed E-state index contributed by atoms with van der Waals surface area (Å²) >= 11 is 0. The van der Waals surface area contributed by atoms with Crippen LogP contribution in [0.1, 0.15) is 87.2 Å². The number of aromatic amines is 1. The van der Waals surface area contributed by atoms with Crippen molar-refractivity contribution in [1.82, 2.24) is 4.98 Å². The first-order valence-corrected chi connectivity index (χ1v) is 9.33. The van der Waals surface area contributed by atoms with Crippen LogP contribution in [-0.4, -0.2) is 29.3 Å². The molecule has 0 spiro atoms. The number of ether oxygens (including phenoxy) is 1. The summed E-state index contributed by atoms with van der Waals surface area (Å²) in [4.78, 5) is 13.2. The van der Waals surface area contributed by atoms with E-state index in [-0.39, 0.29) is 5.69 Å². The molecule has 24 heavy (non-hydrogen) atoms. The molecule has 1 heterocycles. The van der Waals surface area contributed by atoms with E-state index in [9.17, 15) is 9.18 Å². The minimum atomic E-state index is -1.24. The number of carbonyl (C=O) groups is 1. The highest BCUT2D eigenvalue weighted by Crippen LogP contribution is 2.16. The summed E-state index contributed by atoms with van der Waals surface area (Å²) in [7, 11) is 0. The second-order valence-corrected chi connectivity index (χ2v) is 6.29. The number of aromatic nitrogens is 1. The van der Waals surface area contributed by atoms with Crippen LogP contribution in [-0.2, 0) is 11.2 Å². The van der Waals surface area contributed by atoms with Crippen molar-refractivity contribution in [2.45, 2.75) is 77.6 Å². The molecule has 138 valence electrons. The topological polar surface area (TPSA) is 62.3 Å². The third kappa shape index (κ3) is 8.48. The smallest absolute Gasteiger partial charge is 0.355 e. The molecule has 0 aromatic carbocycles. The zero-order chi connectivity index (χ0) is 17.6. The van der Waals surface area contributed by atoms with Crippen LogP contribution in [0.2, 0.25) is 0 Å². The number of carboxylic acid groups (broad SMARTS) is 1. The third-order valence-corrected chi connectivity index (χ3v) is 4.29. The van der Waals surface area contributed by atoms with E-state index >= 15 is 0 Å². The Kier molecular flexibility index (Phi) is 11.2. The zero-order valence-corrected chi connectivity index (χ0v) is 14.9. The van der Waals surface area contributed by atoms with E-state index in [2.05, 4.69) is 4.98 Å². The largest absolute Gasteiger partial charge is 0.476 e. The fourth-order valence-corrected chi connectivity index (χ4v) is 2.86. The molecule has 0 unspecified atom stereocenters. The molecule has 0 fully saturated rings. The number of hydrogen-bond donors (Lipinski definition) is 2. The van der Waals surface area contributed by atoms with Crippen molar-refractivity contribution >= 4 is 5.97 Å². The monoisotopic (exact) mass is 341 g/mol. The van der Waals surface area contributed by atoms with Crippen molar-refractivity contribution in [3.63, 3.8) is 0 Å². The standard InChI is InChI=1S/C19H32FNO3/c1-2-24-14-12-10-8-6-4-3-5-7-9-11-13-16-15-21-18(17(16)20)19(22)23/h15,21H,2-14H2,1H3,(H,22,23). The van der Waals surface area contributed by atoms with Gasteiger partial charge in [0.05, 0.1) is 0 Å². The summed E-state index contributed by atoms with van der Waals surface area (Å²) in [6.07, 6.45) is 14.1. The van der Waals surface area contributed by atoms with Crippen molar-refractivity contribution in [1.29, 1.82) is 0 Å². The lowest BCUT2D eigenvalue weighted by Gasteiger charge is -2.03. The molecule has 1 aromatic rings. The molecule has 5 heteroatoms. The Morgan fingerprint density at radius 3 is 2.08 bits per heavy atom. The molecular formula is C19H32FNO3. The van der Waals surface area contributed by atoms with Crippen molar-refractivity contribution in [3.8, 4) is 0 Å². The first-order chi connectivity index (χ1) is 11.7. The van der Waals surface area contributed by atoms with Gasteiger partial charge in [-0.3, -0.25) is 0 Å². The lowest BCUT2D eigenvalue weighted by Crippen LogP contribution is -2.00. The van der Waals surface area contributed by atoms with Gasteiger partial charge >= 0.3 is 5.97 Å². The molecule has 0 aliphatic heterocycles. The van der Waals surface area contributed by atoms with Gasteiger partial charge in [-0.25, -0.2) is 9.18 Å². The predicted octanol–water partition coefficient (Wildman–Crippen LogP) is 5.33. The molecule has 1 aromatic heterocycles. The number of hydrogen-bond acceptors (Lipinski definition) is 2. The van der Waals surface area contributed by atoms with Gasteiger partial charge < -0.3 is 14.8 Å². The Bertz CT molecular complexity index is 459. The van der Waals surface area contributed by atoms with Gasteiger partial charge in [0.25, 0.3) is 0 Å². The van der Waals surface area contributed by atoms with Crippen LogP contribution in [0.25, 0.3) is 0 Å². The molecular weight excluding hydrogens is 309 g/mol. The van der Waals surface area contributed by atoms with Gasteiger partial charge in [-0.15, -0.1) is 0 Å². The van der Waals surface area contributed by atoms with E-state index in [0.717, 1.165) is 26.1 Å². The van der Waals surface area contributed by atoms with Gasteiger partial charge in [-0.1, -0.05) is 51.4 Å².